The first-order valence-electron chi connectivity index (χ1n) is 3.32. The predicted molar refractivity (Wildman–Crippen MR) is 58.9 cm³/mol. The first kappa shape index (κ1) is 15.5. The van der Waals surface area contributed by atoms with Crippen molar-refractivity contribution in [2.24, 2.45) is 0 Å². The Morgan fingerprint density at radius 1 is 1.57 bits per heavy atom. The number of thioether (sulfide) groups is 1. The van der Waals surface area contributed by atoms with Gasteiger partial charge in [-0.2, -0.15) is 8.42 Å². The normalized spacial score (nSPS) is 17.1. The van der Waals surface area contributed by atoms with Gasteiger partial charge in [-0.3, -0.25) is 14.2 Å². The summed E-state index contributed by atoms with van der Waals surface area (Å²) in [5.41, 5.74) is 0. The van der Waals surface area contributed by atoms with Crippen molar-refractivity contribution in [1.29, 1.82) is 0 Å². The van der Waals surface area contributed by atoms with Gasteiger partial charge in [0.05, 0.1) is 11.5 Å². The molecule has 1 fully saturated rings. The van der Waals surface area contributed by atoms with Crippen LogP contribution in [0.15, 0.2) is 0 Å². The third-order valence-corrected chi connectivity index (χ3v) is 3.54. The topological polar surface area (TPSA) is 74.7 Å². The van der Waals surface area contributed by atoms with E-state index >= 15 is 0 Å². The SMILES string of the molecule is O=C1CSC(=S)N1CCS(=O)(=O)O.[K]. The van der Waals surface area contributed by atoms with E-state index in [2.05, 4.69) is 0 Å². The molecule has 5 nitrogen and oxygen atoms in total. The number of carbonyl (C=O) groups is 1. The Morgan fingerprint density at radius 3 is 2.50 bits per heavy atom. The summed E-state index contributed by atoms with van der Waals surface area (Å²) in [7, 11) is -4.02. The molecule has 14 heavy (non-hydrogen) atoms. The summed E-state index contributed by atoms with van der Waals surface area (Å²) in [5.74, 6) is -0.428. The summed E-state index contributed by atoms with van der Waals surface area (Å²) in [6.07, 6.45) is 0. The van der Waals surface area contributed by atoms with Crippen molar-refractivity contribution >= 4 is 95.7 Å². The van der Waals surface area contributed by atoms with Crippen molar-refractivity contribution in [3.05, 3.63) is 0 Å². The second-order valence-corrected chi connectivity index (χ2v) is 5.57. The molecule has 0 bridgehead atoms. The minimum Gasteiger partial charge on any atom is -0.296 e. The quantitative estimate of drug-likeness (QED) is 0.421. The van der Waals surface area contributed by atoms with E-state index in [-0.39, 0.29) is 69.6 Å². The number of hydrogen-bond donors (Lipinski definition) is 1. The molecule has 0 unspecified atom stereocenters. The van der Waals surface area contributed by atoms with Gasteiger partial charge >= 0.3 is 0 Å². The summed E-state index contributed by atoms with van der Waals surface area (Å²) < 4.78 is 29.5. The Kier molecular flexibility index (Phi) is 6.91. The van der Waals surface area contributed by atoms with Crippen LogP contribution in [0.5, 0.6) is 0 Å². The Hall–Kier alpha value is 1.46. The van der Waals surface area contributed by atoms with E-state index in [4.69, 9.17) is 16.8 Å². The van der Waals surface area contributed by atoms with Crippen molar-refractivity contribution in [2.75, 3.05) is 18.1 Å². The van der Waals surface area contributed by atoms with Gasteiger partial charge in [-0.15, -0.1) is 0 Å². The molecular formula is C5H7KNO4S3. The van der Waals surface area contributed by atoms with Gasteiger partial charge in [0.2, 0.25) is 5.91 Å². The zero-order valence-corrected chi connectivity index (χ0v) is 13.0. The molecule has 1 radical (unpaired) electrons. The molecule has 1 amide bonds. The fourth-order valence-electron chi connectivity index (χ4n) is 0.804. The zero-order valence-electron chi connectivity index (χ0n) is 7.47. The number of nitrogens with zero attached hydrogens (tertiary/aromatic N) is 1. The zero-order chi connectivity index (χ0) is 10.1. The summed E-state index contributed by atoms with van der Waals surface area (Å²) in [6, 6.07) is 0. The van der Waals surface area contributed by atoms with Crippen LogP contribution in [-0.4, -0.2) is 97.5 Å². The Labute approximate surface area is 134 Å². The number of rotatable bonds is 3. The van der Waals surface area contributed by atoms with Crippen LogP contribution in [0.2, 0.25) is 0 Å². The molecule has 0 aromatic rings. The third kappa shape index (κ3) is 4.99. The van der Waals surface area contributed by atoms with Crippen LogP contribution in [-0.2, 0) is 14.9 Å². The minimum absolute atomic E-state index is 0. The van der Waals surface area contributed by atoms with Gasteiger partial charge in [-0.1, -0.05) is 24.0 Å². The fraction of sp³-hybridized carbons (Fsp3) is 0.600. The smallest absolute Gasteiger partial charge is 0.266 e. The molecule has 9 heteroatoms. The summed E-state index contributed by atoms with van der Waals surface area (Å²) in [5, 5.41) is 0. The van der Waals surface area contributed by atoms with Crippen molar-refractivity contribution in [3.8, 4) is 0 Å². The van der Waals surface area contributed by atoms with Gasteiger partial charge in [0.15, 0.2) is 0 Å². The maximum absolute atomic E-state index is 11.0. The van der Waals surface area contributed by atoms with E-state index < -0.39 is 15.9 Å². The standard InChI is InChI=1S/C5H7NO4S3.K/c7-4-3-12-5(11)6(4)1-2-13(8,9)10;/h1-3H2,(H,8,9,10);. The second-order valence-electron chi connectivity index (χ2n) is 2.39. The minimum atomic E-state index is -4.02. The van der Waals surface area contributed by atoms with Gasteiger partial charge in [-0.05, 0) is 0 Å². The van der Waals surface area contributed by atoms with Crippen LogP contribution in [0.3, 0.4) is 0 Å². The Bertz CT molecular complexity index is 325. The van der Waals surface area contributed by atoms with Crippen LogP contribution in [0.25, 0.3) is 0 Å². The molecule has 1 rings (SSSR count). The molecule has 0 atom stereocenters. The van der Waals surface area contributed by atoms with Crippen molar-refractivity contribution < 1.29 is 17.8 Å². The predicted octanol–water partition coefficient (Wildman–Crippen LogP) is -0.646. The van der Waals surface area contributed by atoms with Crippen molar-refractivity contribution in [1.82, 2.24) is 4.90 Å². The van der Waals surface area contributed by atoms with Crippen molar-refractivity contribution in [2.45, 2.75) is 0 Å². The molecule has 1 N–H and O–H groups in total. The number of hydrogen-bond acceptors (Lipinski definition) is 5. The molecule has 0 aromatic carbocycles. The number of amides is 1. The molecule has 1 saturated heterocycles. The largest absolute Gasteiger partial charge is 0.296 e. The molecule has 1 heterocycles. The van der Waals surface area contributed by atoms with Crippen LogP contribution >= 0.6 is 24.0 Å². The third-order valence-electron chi connectivity index (χ3n) is 1.41. The monoisotopic (exact) mass is 280 g/mol. The first-order valence-corrected chi connectivity index (χ1v) is 6.33. The van der Waals surface area contributed by atoms with E-state index in [0.717, 1.165) is 0 Å². The molecule has 75 valence electrons. The Morgan fingerprint density at radius 2 is 2.14 bits per heavy atom. The molecule has 0 spiro atoms. The first-order chi connectivity index (χ1) is 5.90. The van der Waals surface area contributed by atoms with E-state index in [1.165, 1.54) is 16.7 Å². The van der Waals surface area contributed by atoms with Gasteiger partial charge in [-0.25, -0.2) is 0 Å². The maximum atomic E-state index is 11.0. The number of carbonyl (C=O) groups excluding carboxylic acids is 1. The fourth-order valence-corrected chi connectivity index (χ4v) is 2.34. The van der Waals surface area contributed by atoms with Crippen LogP contribution in [0, 0.1) is 0 Å². The number of thiocarbonyl (C=S) groups is 1. The van der Waals surface area contributed by atoms with Gasteiger partial charge in [0.1, 0.15) is 4.32 Å². The second kappa shape index (κ2) is 6.26. The van der Waals surface area contributed by atoms with Crippen molar-refractivity contribution in [3.63, 3.8) is 0 Å². The van der Waals surface area contributed by atoms with E-state index in [9.17, 15) is 13.2 Å². The van der Waals surface area contributed by atoms with Crippen LogP contribution in [0.1, 0.15) is 0 Å². The average molecular weight is 280 g/mol. The van der Waals surface area contributed by atoms with E-state index in [1.54, 1.807) is 0 Å². The van der Waals surface area contributed by atoms with Gasteiger partial charge < -0.3 is 0 Å². The summed E-state index contributed by atoms with van der Waals surface area (Å²) >= 11 is 5.99. The molecule has 0 aliphatic carbocycles. The van der Waals surface area contributed by atoms with Gasteiger partial charge in [0, 0.05) is 57.9 Å². The molecule has 1 aliphatic rings. The van der Waals surface area contributed by atoms with Crippen LogP contribution in [0.4, 0.5) is 0 Å². The molecule has 0 saturated carbocycles. The maximum Gasteiger partial charge on any atom is 0.266 e. The van der Waals surface area contributed by atoms with E-state index in [0.29, 0.717) is 4.32 Å². The van der Waals surface area contributed by atoms with E-state index in [1.807, 2.05) is 0 Å². The van der Waals surface area contributed by atoms with Gasteiger partial charge in [0.25, 0.3) is 10.1 Å². The molecular weight excluding hydrogens is 273 g/mol. The summed E-state index contributed by atoms with van der Waals surface area (Å²) in [4.78, 5) is 12.2. The summed E-state index contributed by atoms with van der Waals surface area (Å²) in [6.45, 7) is -0.0660. The average Bonchev–Trinajstić information content (AvgIpc) is 2.27. The molecule has 0 aromatic heterocycles. The van der Waals surface area contributed by atoms with Crippen LogP contribution < -0.4 is 0 Å². The molecule has 1 aliphatic heterocycles. The Balaban J connectivity index is 0.00000169.